The predicted octanol–water partition coefficient (Wildman–Crippen LogP) is 4.82. The summed E-state index contributed by atoms with van der Waals surface area (Å²) in [5, 5.41) is 4.49. The molecule has 162 valence electrons. The highest BCUT2D eigenvalue weighted by molar-refractivity contribution is 6.33. The van der Waals surface area contributed by atoms with E-state index < -0.39 is 23.3 Å². The zero-order valence-corrected chi connectivity index (χ0v) is 17.5. The number of aromatic nitrogens is 2. The summed E-state index contributed by atoms with van der Waals surface area (Å²) < 4.78 is 42.5. The maximum Gasteiger partial charge on any atom is 0.434 e. The Kier molecular flexibility index (Phi) is 5.66. The zero-order chi connectivity index (χ0) is 22.2. The van der Waals surface area contributed by atoms with Crippen molar-refractivity contribution in [3.8, 4) is 5.69 Å². The molecular formula is C22H20ClF3N4O. The highest BCUT2D eigenvalue weighted by Crippen LogP contribution is 2.34. The molecular weight excluding hydrogens is 429 g/mol. The summed E-state index contributed by atoms with van der Waals surface area (Å²) in [6, 6.07) is 13.9. The van der Waals surface area contributed by atoms with E-state index in [1.54, 1.807) is 30.3 Å². The lowest BCUT2D eigenvalue weighted by molar-refractivity contribution is -0.143. The van der Waals surface area contributed by atoms with Crippen molar-refractivity contribution < 1.29 is 18.0 Å². The molecule has 0 unspecified atom stereocenters. The number of hydrogen-bond donors (Lipinski definition) is 0. The number of carbonyl (C=O) groups is 1. The SMILES string of the molecule is Cc1ccc(-n2ncc(C(=O)N3CCN(c4ccccc4Cl)CC3)c2C(F)(F)F)cc1. The Balaban J connectivity index is 1.58. The summed E-state index contributed by atoms with van der Waals surface area (Å²) in [7, 11) is 0. The van der Waals surface area contributed by atoms with Crippen LogP contribution in [-0.2, 0) is 6.18 Å². The highest BCUT2D eigenvalue weighted by Gasteiger charge is 2.41. The standard InChI is InChI=1S/C22H20ClF3N4O/c1-15-6-8-16(9-7-15)30-20(22(24,25)26)17(14-27-30)21(31)29-12-10-28(11-13-29)19-5-3-2-4-18(19)23/h2-9,14H,10-13H2,1H3. The highest BCUT2D eigenvalue weighted by atomic mass is 35.5. The molecule has 0 spiro atoms. The number of rotatable bonds is 3. The van der Waals surface area contributed by atoms with Crippen molar-refractivity contribution in [3.63, 3.8) is 0 Å². The van der Waals surface area contributed by atoms with E-state index in [4.69, 9.17) is 11.6 Å². The third-order valence-corrected chi connectivity index (χ3v) is 5.63. The van der Waals surface area contributed by atoms with Crippen molar-refractivity contribution in [2.45, 2.75) is 13.1 Å². The number of benzene rings is 2. The van der Waals surface area contributed by atoms with Crippen LogP contribution in [-0.4, -0.2) is 46.8 Å². The van der Waals surface area contributed by atoms with E-state index in [-0.39, 0.29) is 18.8 Å². The maximum atomic E-state index is 13.9. The van der Waals surface area contributed by atoms with Crippen LogP contribution in [0.4, 0.5) is 18.9 Å². The Morgan fingerprint density at radius 1 is 1.00 bits per heavy atom. The van der Waals surface area contributed by atoms with Gasteiger partial charge in [-0.3, -0.25) is 4.79 Å². The van der Waals surface area contributed by atoms with Gasteiger partial charge in [0.1, 0.15) is 0 Å². The second kappa shape index (κ2) is 8.26. The molecule has 0 radical (unpaired) electrons. The topological polar surface area (TPSA) is 41.4 Å². The normalized spacial score (nSPS) is 14.7. The molecule has 0 N–H and O–H groups in total. The molecule has 0 atom stereocenters. The van der Waals surface area contributed by atoms with Gasteiger partial charge in [-0.15, -0.1) is 0 Å². The molecule has 0 aliphatic carbocycles. The molecule has 1 amide bonds. The minimum atomic E-state index is -4.73. The molecule has 0 bridgehead atoms. The van der Waals surface area contributed by atoms with Gasteiger partial charge in [-0.2, -0.15) is 18.3 Å². The van der Waals surface area contributed by atoms with Gasteiger partial charge in [0.25, 0.3) is 5.91 Å². The number of halogens is 4. The fourth-order valence-electron chi connectivity index (χ4n) is 3.69. The van der Waals surface area contributed by atoms with Gasteiger partial charge < -0.3 is 9.80 Å². The van der Waals surface area contributed by atoms with Crippen LogP contribution in [0.25, 0.3) is 5.69 Å². The molecule has 1 fully saturated rings. The molecule has 2 heterocycles. The van der Waals surface area contributed by atoms with Crippen molar-refractivity contribution in [2.75, 3.05) is 31.1 Å². The molecule has 1 aliphatic heterocycles. The van der Waals surface area contributed by atoms with E-state index >= 15 is 0 Å². The van der Waals surface area contributed by atoms with E-state index in [0.717, 1.165) is 22.1 Å². The summed E-state index contributed by atoms with van der Waals surface area (Å²) in [6.07, 6.45) is -3.72. The van der Waals surface area contributed by atoms with Crippen LogP contribution in [0.1, 0.15) is 21.6 Å². The minimum absolute atomic E-state index is 0.250. The van der Waals surface area contributed by atoms with Gasteiger partial charge in [-0.05, 0) is 31.2 Å². The molecule has 3 aromatic rings. The van der Waals surface area contributed by atoms with Crippen LogP contribution in [0.15, 0.2) is 54.7 Å². The number of piperazine rings is 1. The monoisotopic (exact) mass is 448 g/mol. The second-order valence-electron chi connectivity index (χ2n) is 7.38. The fraction of sp³-hybridized carbons (Fsp3) is 0.273. The lowest BCUT2D eigenvalue weighted by Gasteiger charge is -2.36. The molecule has 1 aromatic heterocycles. The average molecular weight is 449 g/mol. The van der Waals surface area contributed by atoms with Gasteiger partial charge in [-0.25, -0.2) is 4.68 Å². The largest absolute Gasteiger partial charge is 0.434 e. The summed E-state index contributed by atoms with van der Waals surface area (Å²) in [5.74, 6) is -0.676. The first-order valence-corrected chi connectivity index (χ1v) is 10.1. The Morgan fingerprint density at radius 3 is 2.26 bits per heavy atom. The third-order valence-electron chi connectivity index (χ3n) is 5.31. The summed E-state index contributed by atoms with van der Waals surface area (Å²) in [6.45, 7) is 3.37. The quantitative estimate of drug-likeness (QED) is 0.577. The lowest BCUT2D eigenvalue weighted by atomic mass is 10.1. The van der Waals surface area contributed by atoms with Crippen molar-refractivity contribution >= 4 is 23.2 Å². The molecule has 0 saturated carbocycles. The third kappa shape index (κ3) is 4.25. The van der Waals surface area contributed by atoms with Gasteiger partial charge in [0.15, 0.2) is 5.69 Å². The van der Waals surface area contributed by atoms with Crippen LogP contribution in [0, 0.1) is 6.92 Å². The lowest BCUT2D eigenvalue weighted by Crippen LogP contribution is -2.49. The van der Waals surface area contributed by atoms with Gasteiger partial charge >= 0.3 is 6.18 Å². The first kappa shape index (κ1) is 21.2. The number of carbonyl (C=O) groups excluding carboxylic acids is 1. The number of hydrogen-bond acceptors (Lipinski definition) is 3. The fourth-order valence-corrected chi connectivity index (χ4v) is 3.94. The van der Waals surface area contributed by atoms with Crippen molar-refractivity contribution in [2.24, 2.45) is 0 Å². The Hall–Kier alpha value is -3.00. The Bertz CT molecular complexity index is 1090. The first-order chi connectivity index (χ1) is 14.8. The number of anilines is 1. The van der Waals surface area contributed by atoms with E-state index in [9.17, 15) is 18.0 Å². The molecule has 2 aromatic carbocycles. The number of aryl methyl sites for hydroxylation is 1. The zero-order valence-electron chi connectivity index (χ0n) is 16.7. The van der Waals surface area contributed by atoms with E-state index in [2.05, 4.69) is 5.10 Å². The molecule has 31 heavy (non-hydrogen) atoms. The predicted molar refractivity (Wildman–Crippen MR) is 113 cm³/mol. The van der Waals surface area contributed by atoms with Crippen LogP contribution in [0.3, 0.4) is 0 Å². The maximum absolute atomic E-state index is 13.9. The Labute approximate surface area is 182 Å². The smallest absolute Gasteiger partial charge is 0.367 e. The van der Waals surface area contributed by atoms with Crippen LogP contribution >= 0.6 is 11.6 Å². The van der Waals surface area contributed by atoms with Crippen LogP contribution in [0.2, 0.25) is 5.02 Å². The summed E-state index contributed by atoms with van der Waals surface area (Å²) in [4.78, 5) is 16.5. The van der Waals surface area contributed by atoms with Crippen LogP contribution in [0.5, 0.6) is 0 Å². The van der Waals surface area contributed by atoms with E-state index in [1.807, 2.05) is 30.0 Å². The van der Waals surface area contributed by atoms with Gasteiger partial charge in [0.2, 0.25) is 0 Å². The van der Waals surface area contributed by atoms with Crippen molar-refractivity contribution in [1.29, 1.82) is 0 Å². The summed E-state index contributed by atoms with van der Waals surface area (Å²) in [5.41, 5.74) is 0.506. The van der Waals surface area contributed by atoms with Crippen LogP contribution < -0.4 is 4.90 Å². The number of nitrogens with zero attached hydrogens (tertiary/aromatic N) is 4. The van der Waals surface area contributed by atoms with Gasteiger partial charge in [-0.1, -0.05) is 41.4 Å². The second-order valence-corrected chi connectivity index (χ2v) is 7.79. The first-order valence-electron chi connectivity index (χ1n) is 9.76. The number of para-hydroxylation sites is 1. The van der Waals surface area contributed by atoms with E-state index in [1.165, 1.54) is 4.90 Å². The molecule has 1 saturated heterocycles. The van der Waals surface area contributed by atoms with Crippen molar-refractivity contribution in [3.05, 3.63) is 76.6 Å². The number of alkyl halides is 3. The minimum Gasteiger partial charge on any atom is -0.367 e. The molecule has 1 aliphatic rings. The van der Waals surface area contributed by atoms with Gasteiger partial charge in [0.05, 0.1) is 28.2 Å². The van der Waals surface area contributed by atoms with Crippen molar-refractivity contribution in [1.82, 2.24) is 14.7 Å². The number of amides is 1. The van der Waals surface area contributed by atoms with E-state index in [0.29, 0.717) is 18.1 Å². The molecule has 5 nitrogen and oxygen atoms in total. The summed E-state index contributed by atoms with van der Waals surface area (Å²) >= 11 is 6.24. The molecule has 9 heteroatoms. The average Bonchev–Trinajstić information content (AvgIpc) is 3.20. The van der Waals surface area contributed by atoms with Gasteiger partial charge in [0, 0.05) is 26.2 Å². The molecule has 4 rings (SSSR count). The Morgan fingerprint density at radius 2 is 1.65 bits per heavy atom.